The van der Waals surface area contributed by atoms with E-state index in [0.717, 1.165) is 36.9 Å². The van der Waals surface area contributed by atoms with E-state index < -0.39 is 0 Å². The largest absolute Gasteiger partial charge is 0.337 e. The van der Waals surface area contributed by atoms with Gasteiger partial charge in [0.05, 0.1) is 0 Å². The van der Waals surface area contributed by atoms with Crippen LogP contribution in [0.3, 0.4) is 0 Å². The summed E-state index contributed by atoms with van der Waals surface area (Å²) in [5.74, 6) is 1.27. The number of amides is 2. The second-order valence-corrected chi connectivity index (χ2v) is 7.85. The molecule has 1 aromatic carbocycles. The van der Waals surface area contributed by atoms with E-state index in [1.165, 1.54) is 0 Å². The number of piperidine rings is 1. The van der Waals surface area contributed by atoms with Crippen LogP contribution in [0.25, 0.3) is 0 Å². The smallest absolute Gasteiger partial charge is 0.249 e. The Bertz CT molecular complexity index is 876. The van der Waals surface area contributed by atoms with Gasteiger partial charge in [-0.1, -0.05) is 37.2 Å². The molecule has 28 heavy (non-hydrogen) atoms. The number of likely N-dealkylation sites (tertiary alicyclic amines) is 1. The number of nitrogens with zero attached hydrogens (tertiary/aromatic N) is 4. The summed E-state index contributed by atoms with van der Waals surface area (Å²) in [4.78, 5) is 33.7. The maximum absolute atomic E-state index is 13.2. The Morgan fingerprint density at radius 1 is 1.25 bits per heavy atom. The Morgan fingerprint density at radius 2 is 2.07 bits per heavy atom. The molecule has 3 heterocycles. The lowest BCUT2D eigenvalue weighted by Crippen LogP contribution is -2.47. The number of aryl methyl sites for hydroxylation is 1. The van der Waals surface area contributed by atoms with Crippen molar-refractivity contribution in [1.29, 1.82) is 0 Å². The quantitative estimate of drug-likeness (QED) is 0.811. The van der Waals surface area contributed by atoms with Crippen LogP contribution in [0.5, 0.6) is 0 Å². The Kier molecular flexibility index (Phi) is 5.15. The van der Waals surface area contributed by atoms with Crippen LogP contribution < -0.4 is 4.90 Å². The van der Waals surface area contributed by atoms with Gasteiger partial charge in [0.25, 0.3) is 0 Å². The van der Waals surface area contributed by atoms with Gasteiger partial charge < -0.3 is 14.3 Å². The lowest BCUT2D eigenvalue weighted by molar-refractivity contribution is -0.135. The fourth-order valence-corrected chi connectivity index (χ4v) is 4.00. The summed E-state index contributed by atoms with van der Waals surface area (Å²) in [6, 6.07) is 7.60. The molecule has 0 bridgehead atoms. The third-order valence-electron chi connectivity index (χ3n) is 5.57. The normalized spacial score (nSPS) is 19.8. The standard InChI is InChI=1S/C21H26N4O3/c1-14(2)20-22-21(28-23-20)17-9-5-6-12-24(17)19(27)13-25-16-8-4-3-7-15(16)10-11-18(25)26/h3-4,7-8,14,17H,5-6,9-13H2,1-2H3/t17-/m1/s1. The van der Waals surface area contributed by atoms with Crippen molar-refractivity contribution in [2.75, 3.05) is 18.0 Å². The number of para-hydroxylation sites is 1. The minimum atomic E-state index is -0.212. The Hall–Kier alpha value is -2.70. The molecule has 1 aromatic heterocycles. The lowest BCUT2D eigenvalue weighted by Gasteiger charge is -2.36. The van der Waals surface area contributed by atoms with Crippen molar-refractivity contribution >= 4 is 17.5 Å². The number of carbonyl (C=O) groups excluding carboxylic acids is 2. The van der Waals surface area contributed by atoms with E-state index in [4.69, 9.17) is 4.52 Å². The Morgan fingerprint density at radius 3 is 2.86 bits per heavy atom. The van der Waals surface area contributed by atoms with E-state index in [1.807, 2.05) is 43.0 Å². The van der Waals surface area contributed by atoms with Crippen LogP contribution in [0.4, 0.5) is 5.69 Å². The molecule has 1 fully saturated rings. The summed E-state index contributed by atoms with van der Waals surface area (Å²) >= 11 is 0. The molecule has 0 aliphatic carbocycles. The summed E-state index contributed by atoms with van der Waals surface area (Å²) in [5.41, 5.74) is 1.96. The zero-order valence-corrected chi connectivity index (χ0v) is 16.4. The molecule has 2 aliphatic rings. The van der Waals surface area contributed by atoms with Crippen molar-refractivity contribution in [2.45, 2.75) is 57.9 Å². The Labute approximate surface area is 164 Å². The van der Waals surface area contributed by atoms with E-state index in [0.29, 0.717) is 24.7 Å². The first-order chi connectivity index (χ1) is 13.5. The summed E-state index contributed by atoms with van der Waals surface area (Å²) < 4.78 is 5.48. The maximum Gasteiger partial charge on any atom is 0.249 e. The number of hydrogen-bond acceptors (Lipinski definition) is 5. The van der Waals surface area contributed by atoms with Gasteiger partial charge in [-0.2, -0.15) is 4.98 Å². The molecule has 1 atom stereocenters. The van der Waals surface area contributed by atoms with Gasteiger partial charge in [-0.3, -0.25) is 9.59 Å². The van der Waals surface area contributed by atoms with Crippen LogP contribution in [0, 0.1) is 0 Å². The number of carbonyl (C=O) groups is 2. The van der Waals surface area contributed by atoms with Crippen LogP contribution in [0.1, 0.15) is 68.8 Å². The van der Waals surface area contributed by atoms with E-state index >= 15 is 0 Å². The molecule has 7 nitrogen and oxygen atoms in total. The topological polar surface area (TPSA) is 79.5 Å². The fraction of sp³-hybridized carbons (Fsp3) is 0.524. The van der Waals surface area contributed by atoms with E-state index in [-0.39, 0.29) is 30.3 Å². The highest BCUT2D eigenvalue weighted by molar-refractivity contribution is 6.01. The van der Waals surface area contributed by atoms with Crippen molar-refractivity contribution in [3.63, 3.8) is 0 Å². The van der Waals surface area contributed by atoms with Crippen LogP contribution in [-0.4, -0.2) is 39.9 Å². The number of hydrogen-bond donors (Lipinski definition) is 0. The zero-order chi connectivity index (χ0) is 19.7. The molecule has 0 radical (unpaired) electrons. The number of anilines is 1. The van der Waals surface area contributed by atoms with Crippen molar-refractivity contribution in [3.05, 3.63) is 41.5 Å². The first kappa shape index (κ1) is 18.7. The number of fused-ring (bicyclic) bond motifs is 1. The fourth-order valence-electron chi connectivity index (χ4n) is 4.00. The van der Waals surface area contributed by atoms with Crippen molar-refractivity contribution < 1.29 is 14.1 Å². The molecule has 0 unspecified atom stereocenters. The molecule has 2 amide bonds. The number of benzene rings is 1. The molecular formula is C21H26N4O3. The SMILES string of the molecule is CC(C)c1noc([C@H]2CCCCN2C(=O)CN2C(=O)CCc3ccccc32)n1. The molecule has 0 spiro atoms. The molecule has 148 valence electrons. The van der Waals surface area contributed by atoms with Crippen molar-refractivity contribution in [3.8, 4) is 0 Å². The van der Waals surface area contributed by atoms with Gasteiger partial charge in [0, 0.05) is 24.6 Å². The molecule has 4 rings (SSSR count). The van der Waals surface area contributed by atoms with Gasteiger partial charge in [-0.05, 0) is 37.3 Å². The van der Waals surface area contributed by atoms with Crippen LogP contribution >= 0.6 is 0 Å². The van der Waals surface area contributed by atoms with Gasteiger partial charge in [0.15, 0.2) is 5.82 Å². The second-order valence-electron chi connectivity index (χ2n) is 7.85. The first-order valence-electron chi connectivity index (χ1n) is 10.1. The first-order valence-corrected chi connectivity index (χ1v) is 10.1. The second kappa shape index (κ2) is 7.73. The molecular weight excluding hydrogens is 356 g/mol. The van der Waals surface area contributed by atoms with Crippen LogP contribution in [-0.2, 0) is 16.0 Å². The molecule has 0 N–H and O–H groups in total. The van der Waals surface area contributed by atoms with Gasteiger partial charge in [0.1, 0.15) is 12.6 Å². The third-order valence-corrected chi connectivity index (χ3v) is 5.57. The van der Waals surface area contributed by atoms with Gasteiger partial charge in [-0.25, -0.2) is 0 Å². The third kappa shape index (κ3) is 3.53. The highest BCUT2D eigenvalue weighted by Gasteiger charge is 2.34. The van der Waals surface area contributed by atoms with E-state index in [2.05, 4.69) is 10.1 Å². The molecule has 2 aromatic rings. The number of rotatable bonds is 4. The highest BCUT2D eigenvalue weighted by Crippen LogP contribution is 2.32. The van der Waals surface area contributed by atoms with Gasteiger partial charge >= 0.3 is 0 Å². The summed E-state index contributed by atoms with van der Waals surface area (Å²) in [6.45, 7) is 4.72. The minimum Gasteiger partial charge on any atom is -0.337 e. The molecule has 7 heteroatoms. The van der Waals surface area contributed by atoms with Gasteiger partial charge in [-0.15, -0.1) is 0 Å². The highest BCUT2D eigenvalue weighted by atomic mass is 16.5. The van der Waals surface area contributed by atoms with Crippen LogP contribution in [0.15, 0.2) is 28.8 Å². The van der Waals surface area contributed by atoms with Gasteiger partial charge in [0.2, 0.25) is 17.7 Å². The maximum atomic E-state index is 13.2. The molecule has 1 saturated heterocycles. The average Bonchev–Trinajstić information content (AvgIpc) is 3.20. The van der Waals surface area contributed by atoms with E-state index in [9.17, 15) is 9.59 Å². The number of aromatic nitrogens is 2. The molecule has 2 aliphatic heterocycles. The Balaban J connectivity index is 1.55. The van der Waals surface area contributed by atoms with E-state index in [1.54, 1.807) is 4.90 Å². The van der Waals surface area contributed by atoms with Crippen molar-refractivity contribution in [1.82, 2.24) is 15.0 Å². The predicted octanol–water partition coefficient (Wildman–Crippen LogP) is 3.23. The van der Waals surface area contributed by atoms with Crippen molar-refractivity contribution in [2.24, 2.45) is 0 Å². The molecule has 0 saturated carbocycles. The minimum absolute atomic E-state index is 0.000457. The summed E-state index contributed by atoms with van der Waals surface area (Å²) in [6.07, 6.45) is 3.92. The lowest BCUT2D eigenvalue weighted by atomic mass is 10.00. The van der Waals surface area contributed by atoms with Crippen LogP contribution in [0.2, 0.25) is 0 Å². The average molecular weight is 382 g/mol. The monoisotopic (exact) mass is 382 g/mol. The zero-order valence-electron chi connectivity index (χ0n) is 16.4. The summed E-state index contributed by atoms with van der Waals surface area (Å²) in [5, 5.41) is 4.05. The predicted molar refractivity (Wildman–Crippen MR) is 104 cm³/mol. The summed E-state index contributed by atoms with van der Waals surface area (Å²) in [7, 11) is 0.